The van der Waals surface area contributed by atoms with Gasteiger partial charge in [0.1, 0.15) is 5.75 Å². The van der Waals surface area contributed by atoms with Crippen LogP contribution in [0.15, 0.2) is 27.8 Å². The van der Waals surface area contributed by atoms with Crippen LogP contribution in [-0.4, -0.2) is 22.3 Å². The summed E-state index contributed by atoms with van der Waals surface area (Å²) in [6, 6.07) is 6.05. The smallest absolute Gasteiger partial charge is 0.330 e. The van der Waals surface area contributed by atoms with Crippen molar-refractivity contribution in [2.45, 2.75) is 18.8 Å². The number of benzene rings is 1. The highest BCUT2D eigenvalue weighted by Gasteiger charge is 2.41. The quantitative estimate of drug-likeness (QED) is 0.729. The SMILES string of the molecule is Cc1cccc2c1OC[C@@H]1c3c(c(=O)n(C)c(=O)n3C)OC[C@H]21. The summed E-state index contributed by atoms with van der Waals surface area (Å²) in [5.74, 6) is 1.20. The van der Waals surface area contributed by atoms with Crippen molar-refractivity contribution in [3.8, 4) is 11.5 Å². The van der Waals surface area contributed by atoms with E-state index in [1.807, 2.05) is 25.1 Å². The van der Waals surface area contributed by atoms with Crippen molar-refractivity contribution in [1.29, 1.82) is 0 Å². The predicted octanol–water partition coefficient (Wildman–Crippen LogP) is 1.04. The van der Waals surface area contributed by atoms with Crippen LogP contribution in [0.1, 0.15) is 28.7 Å². The highest BCUT2D eigenvalue weighted by atomic mass is 16.5. The maximum Gasteiger partial charge on any atom is 0.330 e. The molecule has 2 aliphatic rings. The van der Waals surface area contributed by atoms with Crippen LogP contribution in [0.4, 0.5) is 0 Å². The van der Waals surface area contributed by atoms with Gasteiger partial charge in [-0.2, -0.15) is 0 Å². The fraction of sp³-hybridized carbons (Fsp3) is 0.412. The molecule has 1 aromatic heterocycles. The maximum absolute atomic E-state index is 12.3. The van der Waals surface area contributed by atoms with Gasteiger partial charge in [-0.25, -0.2) is 4.79 Å². The van der Waals surface area contributed by atoms with E-state index in [0.717, 1.165) is 21.4 Å². The molecule has 2 aliphatic heterocycles. The van der Waals surface area contributed by atoms with E-state index in [2.05, 4.69) is 0 Å². The molecule has 120 valence electrons. The van der Waals surface area contributed by atoms with Crippen LogP contribution < -0.4 is 20.7 Å². The Labute approximate surface area is 132 Å². The molecule has 23 heavy (non-hydrogen) atoms. The summed E-state index contributed by atoms with van der Waals surface area (Å²) < 4.78 is 14.4. The molecule has 0 saturated carbocycles. The van der Waals surface area contributed by atoms with Crippen LogP contribution >= 0.6 is 0 Å². The number of hydrogen-bond acceptors (Lipinski definition) is 4. The van der Waals surface area contributed by atoms with Gasteiger partial charge in [-0.1, -0.05) is 18.2 Å². The first-order valence-corrected chi connectivity index (χ1v) is 7.65. The third-order valence-electron chi connectivity index (χ3n) is 4.96. The van der Waals surface area contributed by atoms with Crippen molar-refractivity contribution in [3.05, 3.63) is 55.9 Å². The molecule has 2 aromatic rings. The molecule has 0 N–H and O–H groups in total. The number of rotatable bonds is 0. The van der Waals surface area contributed by atoms with Gasteiger partial charge in [0, 0.05) is 31.5 Å². The maximum atomic E-state index is 12.3. The molecule has 1 aromatic carbocycles. The Morgan fingerprint density at radius 2 is 1.70 bits per heavy atom. The number of hydrogen-bond donors (Lipinski definition) is 0. The standard InChI is InChI=1S/C17H18N2O4/c1-9-5-4-6-10-11-7-23-15-13(12(11)8-22-14(9)10)18(2)17(21)19(3)16(15)20/h4-6,11-12H,7-8H2,1-3H3/t11-,12+/m1/s1. The summed E-state index contributed by atoms with van der Waals surface area (Å²) in [6.45, 7) is 2.88. The number of ether oxygens (including phenoxy) is 2. The van der Waals surface area contributed by atoms with Crippen LogP contribution in [0.3, 0.4) is 0 Å². The van der Waals surface area contributed by atoms with E-state index in [-0.39, 0.29) is 28.8 Å². The van der Waals surface area contributed by atoms with Crippen LogP contribution in [0, 0.1) is 6.92 Å². The molecule has 0 fully saturated rings. The van der Waals surface area contributed by atoms with Crippen molar-refractivity contribution >= 4 is 0 Å². The molecule has 3 heterocycles. The molecular formula is C17H18N2O4. The molecule has 6 nitrogen and oxygen atoms in total. The Bertz CT molecular complexity index is 925. The Hall–Kier alpha value is -2.50. The van der Waals surface area contributed by atoms with E-state index in [4.69, 9.17) is 9.47 Å². The van der Waals surface area contributed by atoms with Gasteiger partial charge in [-0.3, -0.25) is 13.9 Å². The average molecular weight is 314 g/mol. The van der Waals surface area contributed by atoms with Crippen LogP contribution in [-0.2, 0) is 14.1 Å². The van der Waals surface area contributed by atoms with Gasteiger partial charge in [0.15, 0.2) is 0 Å². The van der Waals surface area contributed by atoms with Crippen LogP contribution in [0.25, 0.3) is 0 Å². The molecule has 0 unspecified atom stereocenters. The molecule has 4 rings (SSSR count). The summed E-state index contributed by atoms with van der Waals surface area (Å²) in [5, 5.41) is 0. The van der Waals surface area contributed by atoms with Crippen LogP contribution in [0.5, 0.6) is 11.5 Å². The molecule has 0 amide bonds. The summed E-state index contributed by atoms with van der Waals surface area (Å²) in [7, 11) is 3.15. The third kappa shape index (κ3) is 1.81. The predicted molar refractivity (Wildman–Crippen MR) is 84.6 cm³/mol. The summed E-state index contributed by atoms with van der Waals surface area (Å²) >= 11 is 0. The molecule has 0 radical (unpaired) electrons. The number of aromatic nitrogens is 2. The first-order valence-electron chi connectivity index (χ1n) is 7.65. The Balaban J connectivity index is 1.94. The minimum Gasteiger partial charge on any atom is -0.492 e. The normalized spacial score (nSPS) is 21.5. The van der Waals surface area contributed by atoms with Crippen molar-refractivity contribution < 1.29 is 9.47 Å². The largest absolute Gasteiger partial charge is 0.492 e. The van der Waals surface area contributed by atoms with Gasteiger partial charge in [0.2, 0.25) is 5.75 Å². The van der Waals surface area contributed by atoms with Crippen molar-refractivity contribution in [2.24, 2.45) is 14.1 Å². The van der Waals surface area contributed by atoms with E-state index in [1.165, 1.54) is 11.6 Å². The fourth-order valence-electron chi connectivity index (χ4n) is 3.70. The lowest BCUT2D eigenvalue weighted by Gasteiger charge is -2.38. The zero-order valence-electron chi connectivity index (χ0n) is 13.3. The average Bonchev–Trinajstić information content (AvgIpc) is 2.57. The second-order valence-corrected chi connectivity index (χ2v) is 6.25. The molecule has 6 heteroatoms. The Morgan fingerprint density at radius 3 is 2.48 bits per heavy atom. The molecule has 0 aliphatic carbocycles. The van der Waals surface area contributed by atoms with E-state index in [0.29, 0.717) is 18.9 Å². The highest BCUT2D eigenvalue weighted by Crippen LogP contribution is 2.47. The topological polar surface area (TPSA) is 62.5 Å². The Morgan fingerprint density at radius 1 is 1.00 bits per heavy atom. The highest BCUT2D eigenvalue weighted by molar-refractivity contribution is 5.48. The lowest BCUT2D eigenvalue weighted by molar-refractivity contribution is 0.157. The number of para-hydroxylation sites is 1. The number of aryl methyl sites for hydroxylation is 1. The summed E-state index contributed by atoms with van der Waals surface area (Å²) in [6.07, 6.45) is 0. The third-order valence-corrected chi connectivity index (χ3v) is 4.96. The molecule has 0 spiro atoms. The fourth-order valence-corrected chi connectivity index (χ4v) is 3.70. The summed E-state index contributed by atoms with van der Waals surface area (Å²) in [5.41, 5.74) is 2.09. The van der Waals surface area contributed by atoms with E-state index < -0.39 is 0 Å². The molecule has 2 atom stereocenters. The van der Waals surface area contributed by atoms with Gasteiger partial charge in [0.05, 0.1) is 18.9 Å². The first kappa shape index (κ1) is 14.1. The van der Waals surface area contributed by atoms with E-state index in [9.17, 15) is 9.59 Å². The molecular weight excluding hydrogens is 296 g/mol. The zero-order valence-corrected chi connectivity index (χ0v) is 13.3. The second kappa shape index (κ2) is 4.75. The van der Waals surface area contributed by atoms with Gasteiger partial charge in [0.25, 0.3) is 5.56 Å². The lowest BCUT2D eigenvalue weighted by Crippen LogP contribution is -2.45. The lowest BCUT2D eigenvalue weighted by atomic mass is 9.80. The van der Waals surface area contributed by atoms with Crippen LogP contribution in [0.2, 0.25) is 0 Å². The Kier molecular flexibility index (Phi) is 2.91. The van der Waals surface area contributed by atoms with Crippen molar-refractivity contribution in [1.82, 2.24) is 9.13 Å². The molecule has 0 bridgehead atoms. The number of fused-ring (bicyclic) bond motifs is 5. The van der Waals surface area contributed by atoms with Crippen molar-refractivity contribution in [3.63, 3.8) is 0 Å². The molecule has 0 saturated heterocycles. The van der Waals surface area contributed by atoms with E-state index in [1.54, 1.807) is 7.05 Å². The zero-order chi connectivity index (χ0) is 16.3. The van der Waals surface area contributed by atoms with Gasteiger partial charge in [-0.15, -0.1) is 0 Å². The van der Waals surface area contributed by atoms with Gasteiger partial charge < -0.3 is 9.47 Å². The second-order valence-electron chi connectivity index (χ2n) is 6.25. The van der Waals surface area contributed by atoms with Crippen molar-refractivity contribution in [2.75, 3.05) is 13.2 Å². The minimum atomic E-state index is -0.378. The van der Waals surface area contributed by atoms with Gasteiger partial charge >= 0.3 is 5.69 Å². The first-order chi connectivity index (χ1) is 11.0. The minimum absolute atomic E-state index is 0.0559. The van der Waals surface area contributed by atoms with Gasteiger partial charge in [-0.05, 0) is 12.5 Å². The monoisotopic (exact) mass is 314 g/mol. The number of nitrogens with zero attached hydrogens (tertiary/aromatic N) is 2. The van der Waals surface area contributed by atoms with E-state index >= 15 is 0 Å². The summed E-state index contributed by atoms with van der Waals surface area (Å²) in [4.78, 5) is 24.6.